The largest absolute Gasteiger partial charge is 0.337 e. The molecule has 1 aromatic heterocycles. The highest BCUT2D eigenvalue weighted by Gasteiger charge is 2.24. The van der Waals surface area contributed by atoms with E-state index in [4.69, 9.17) is 5.84 Å². The van der Waals surface area contributed by atoms with Crippen LogP contribution in [0.15, 0.2) is 18.2 Å². The first-order valence-electron chi connectivity index (χ1n) is 6.98. The second kappa shape index (κ2) is 6.67. The number of nitrogens with two attached hydrogens (primary N) is 1. The average molecular weight is 277 g/mol. The van der Waals surface area contributed by atoms with Crippen molar-refractivity contribution in [3.63, 3.8) is 0 Å². The maximum atomic E-state index is 12.4. The lowest BCUT2D eigenvalue weighted by Gasteiger charge is -2.33. The van der Waals surface area contributed by atoms with Crippen LogP contribution in [-0.2, 0) is 0 Å². The van der Waals surface area contributed by atoms with E-state index in [2.05, 4.69) is 29.4 Å². The van der Waals surface area contributed by atoms with E-state index in [1.807, 2.05) is 4.90 Å². The van der Waals surface area contributed by atoms with E-state index >= 15 is 0 Å². The van der Waals surface area contributed by atoms with Gasteiger partial charge in [0.1, 0.15) is 11.5 Å². The Labute approximate surface area is 119 Å². The fourth-order valence-electron chi connectivity index (χ4n) is 2.63. The molecule has 0 radical (unpaired) electrons. The molecule has 2 rings (SSSR count). The number of anilines is 1. The van der Waals surface area contributed by atoms with E-state index in [0.29, 0.717) is 17.4 Å². The maximum Gasteiger partial charge on any atom is 0.272 e. The maximum absolute atomic E-state index is 12.4. The normalized spacial score (nSPS) is 16.5. The van der Waals surface area contributed by atoms with Gasteiger partial charge in [0.15, 0.2) is 0 Å². The van der Waals surface area contributed by atoms with Crippen molar-refractivity contribution in [2.24, 2.45) is 11.8 Å². The lowest BCUT2D eigenvalue weighted by atomic mass is 9.96. The van der Waals surface area contributed by atoms with Gasteiger partial charge < -0.3 is 15.2 Å². The summed E-state index contributed by atoms with van der Waals surface area (Å²) >= 11 is 0. The van der Waals surface area contributed by atoms with Gasteiger partial charge in [0.25, 0.3) is 5.91 Å². The monoisotopic (exact) mass is 277 g/mol. The van der Waals surface area contributed by atoms with Crippen LogP contribution in [-0.4, -0.2) is 54.4 Å². The molecule has 2 heterocycles. The van der Waals surface area contributed by atoms with Crippen LogP contribution in [0.3, 0.4) is 0 Å². The minimum absolute atomic E-state index is 0.00889. The Balaban J connectivity index is 1.94. The zero-order valence-corrected chi connectivity index (χ0v) is 12.2. The third-order valence-electron chi connectivity index (χ3n) is 3.64. The molecule has 6 nitrogen and oxygen atoms in total. The molecule has 1 aliphatic heterocycles. The first-order chi connectivity index (χ1) is 9.60. The molecule has 1 aliphatic rings. The van der Waals surface area contributed by atoms with Gasteiger partial charge in [0, 0.05) is 19.6 Å². The first-order valence-corrected chi connectivity index (χ1v) is 6.98. The van der Waals surface area contributed by atoms with E-state index in [1.165, 1.54) is 0 Å². The van der Waals surface area contributed by atoms with Crippen molar-refractivity contribution in [3.05, 3.63) is 23.9 Å². The summed E-state index contributed by atoms with van der Waals surface area (Å²) in [5.41, 5.74) is 2.92. The highest BCUT2D eigenvalue weighted by atomic mass is 16.2. The number of nitrogen functional groups attached to an aromatic ring is 1. The summed E-state index contributed by atoms with van der Waals surface area (Å²) in [6.07, 6.45) is 2.11. The molecule has 20 heavy (non-hydrogen) atoms. The molecule has 1 amide bonds. The molecule has 0 spiro atoms. The summed E-state index contributed by atoms with van der Waals surface area (Å²) < 4.78 is 0. The second-order valence-electron chi connectivity index (χ2n) is 5.55. The molecule has 0 unspecified atom stereocenters. The van der Waals surface area contributed by atoms with Gasteiger partial charge in [-0.15, -0.1) is 0 Å². The minimum atomic E-state index is -0.00889. The summed E-state index contributed by atoms with van der Waals surface area (Å²) in [4.78, 5) is 20.7. The summed E-state index contributed by atoms with van der Waals surface area (Å²) in [6.45, 7) is 2.70. The van der Waals surface area contributed by atoms with Gasteiger partial charge in [-0.05, 0) is 45.0 Å². The van der Waals surface area contributed by atoms with Crippen LogP contribution in [0, 0.1) is 5.92 Å². The molecule has 0 saturated carbocycles. The van der Waals surface area contributed by atoms with E-state index in [1.54, 1.807) is 18.2 Å². The number of hydrogen-bond acceptors (Lipinski definition) is 5. The highest BCUT2D eigenvalue weighted by Crippen LogP contribution is 2.19. The van der Waals surface area contributed by atoms with Crippen molar-refractivity contribution in [1.82, 2.24) is 14.8 Å². The predicted molar refractivity (Wildman–Crippen MR) is 79.2 cm³/mol. The molecule has 3 N–H and O–H groups in total. The zero-order valence-electron chi connectivity index (χ0n) is 12.2. The van der Waals surface area contributed by atoms with Gasteiger partial charge in [-0.3, -0.25) is 4.79 Å². The zero-order chi connectivity index (χ0) is 14.5. The molecular formula is C14H23N5O. The topological polar surface area (TPSA) is 74.5 Å². The van der Waals surface area contributed by atoms with Crippen LogP contribution in [0.25, 0.3) is 0 Å². The summed E-state index contributed by atoms with van der Waals surface area (Å²) in [6, 6.07) is 5.25. The van der Waals surface area contributed by atoms with Crippen molar-refractivity contribution in [3.8, 4) is 0 Å². The summed E-state index contributed by atoms with van der Waals surface area (Å²) in [7, 11) is 4.18. The molecular weight excluding hydrogens is 254 g/mol. The number of rotatable bonds is 4. The lowest BCUT2D eigenvalue weighted by Crippen LogP contribution is -2.41. The first kappa shape index (κ1) is 14.7. The Morgan fingerprint density at radius 1 is 1.45 bits per heavy atom. The van der Waals surface area contributed by atoms with E-state index in [9.17, 15) is 4.79 Å². The quantitative estimate of drug-likeness (QED) is 0.628. The smallest absolute Gasteiger partial charge is 0.272 e. The van der Waals surface area contributed by atoms with Crippen LogP contribution < -0.4 is 11.3 Å². The Kier molecular flexibility index (Phi) is 4.92. The van der Waals surface area contributed by atoms with Crippen LogP contribution in [0.4, 0.5) is 5.82 Å². The lowest BCUT2D eigenvalue weighted by molar-refractivity contribution is 0.0672. The van der Waals surface area contributed by atoms with Crippen LogP contribution in [0.5, 0.6) is 0 Å². The molecule has 0 aromatic carbocycles. The molecule has 1 fully saturated rings. The Morgan fingerprint density at radius 2 is 2.15 bits per heavy atom. The molecule has 1 aromatic rings. The Hall–Kier alpha value is -1.66. The summed E-state index contributed by atoms with van der Waals surface area (Å²) in [5, 5.41) is 0. The van der Waals surface area contributed by atoms with Gasteiger partial charge in [-0.25, -0.2) is 10.8 Å². The van der Waals surface area contributed by atoms with Gasteiger partial charge in [-0.1, -0.05) is 6.07 Å². The number of likely N-dealkylation sites (tertiary alicyclic amines) is 1. The number of nitrogens with one attached hydrogen (secondary N) is 1. The average Bonchev–Trinajstić information content (AvgIpc) is 2.47. The number of piperidine rings is 1. The molecule has 0 atom stereocenters. The van der Waals surface area contributed by atoms with E-state index in [0.717, 1.165) is 32.5 Å². The van der Waals surface area contributed by atoms with Crippen LogP contribution in [0.1, 0.15) is 23.3 Å². The number of aromatic nitrogens is 1. The van der Waals surface area contributed by atoms with Crippen molar-refractivity contribution in [1.29, 1.82) is 0 Å². The number of nitrogens with zero attached hydrogens (tertiary/aromatic N) is 3. The highest BCUT2D eigenvalue weighted by molar-refractivity contribution is 5.92. The van der Waals surface area contributed by atoms with E-state index in [-0.39, 0.29) is 5.91 Å². The number of hydrazine groups is 1. The third kappa shape index (κ3) is 3.68. The SMILES string of the molecule is CN(C)CC1CCN(C(=O)c2cccc(NN)n2)CC1. The third-order valence-corrected chi connectivity index (χ3v) is 3.64. The summed E-state index contributed by atoms with van der Waals surface area (Å²) in [5.74, 6) is 6.50. The standard InChI is InChI=1S/C14H23N5O/c1-18(2)10-11-6-8-19(9-7-11)14(20)12-4-3-5-13(16-12)17-15/h3-5,11H,6-10,15H2,1-2H3,(H,16,17). The van der Waals surface area contributed by atoms with E-state index < -0.39 is 0 Å². The van der Waals surface area contributed by atoms with Gasteiger partial charge in [-0.2, -0.15) is 0 Å². The number of hydrogen-bond donors (Lipinski definition) is 2. The second-order valence-corrected chi connectivity index (χ2v) is 5.55. The van der Waals surface area contributed by atoms with Crippen LogP contribution in [0.2, 0.25) is 0 Å². The molecule has 0 bridgehead atoms. The van der Waals surface area contributed by atoms with Crippen molar-refractivity contribution in [2.75, 3.05) is 39.2 Å². The van der Waals surface area contributed by atoms with Gasteiger partial charge in [0.05, 0.1) is 0 Å². The molecule has 0 aliphatic carbocycles. The van der Waals surface area contributed by atoms with Gasteiger partial charge >= 0.3 is 0 Å². The number of carbonyl (C=O) groups is 1. The Bertz CT molecular complexity index is 455. The molecule has 1 saturated heterocycles. The Morgan fingerprint density at radius 3 is 2.75 bits per heavy atom. The number of amides is 1. The van der Waals surface area contributed by atoms with Crippen molar-refractivity contribution in [2.45, 2.75) is 12.8 Å². The van der Waals surface area contributed by atoms with Crippen molar-refractivity contribution >= 4 is 11.7 Å². The number of pyridine rings is 1. The number of carbonyl (C=O) groups excluding carboxylic acids is 1. The molecule has 110 valence electrons. The van der Waals surface area contributed by atoms with Gasteiger partial charge in [0.2, 0.25) is 0 Å². The fraction of sp³-hybridized carbons (Fsp3) is 0.571. The van der Waals surface area contributed by atoms with Crippen molar-refractivity contribution < 1.29 is 4.79 Å². The minimum Gasteiger partial charge on any atom is -0.337 e. The molecule has 6 heteroatoms. The predicted octanol–water partition coefficient (Wildman–Crippen LogP) is 0.781. The van der Waals surface area contributed by atoms with Crippen LogP contribution >= 0.6 is 0 Å². The fourth-order valence-corrected chi connectivity index (χ4v) is 2.63.